The Morgan fingerprint density at radius 2 is 1.36 bits per heavy atom. The van der Waals surface area contributed by atoms with Gasteiger partial charge in [0.2, 0.25) is 11.8 Å². The number of hydrogen-bond acceptors (Lipinski definition) is 3. The highest BCUT2D eigenvalue weighted by atomic mass is 16.5. The predicted octanol–water partition coefficient (Wildman–Crippen LogP) is 8.02. The Kier molecular flexibility index (Phi) is 22.8. The van der Waals surface area contributed by atoms with Crippen LogP contribution in [0.4, 0.5) is 0 Å². The van der Waals surface area contributed by atoms with Gasteiger partial charge < -0.3 is 10.1 Å². The molecule has 1 aromatic heterocycles. The molecule has 0 saturated carbocycles. The Morgan fingerprint density at radius 1 is 0.818 bits per heavy atom. The fourth-order valence-electron chi connectivity index (χ4n) is 2.23. The number of pyridine rings is 1. The first-order valence-electron chi connectivity index (χ1n) is 12.1. The monoisotopic (exact) mass is 452 g/mol. The number of para-hydroxylation sites is 1. The first-order chi connectivity index (χ1) is 16.2. The van der Waals surface area contributed by atoms with E-state index in [1.54, 1.807) is 6.20 Å². The first kappa shape index (κ1) is 32.0. The Hall–Kier alpha value is -3.14. The van der Waals surface area contributed by atoms with Gasteiger partial charge in [-0.25, -0.2) is 4.98 Å². The van der Waals surface area contributed by atoms with Crippen LogP contribution in [0.15, 0.2) is 79.0 Å². The number of rotatable bonds is 6. The molecule has 0 aliphatic rings. The number of ether oxygens (including phenoxy) is 1. The van der Waals surface area contributed by atoms with Gasteiger partial charge in [-0.1, -0.05) is 103 Å². The summed E-state index contributed by atoms with van der Waals surface area (Å²) < 4.78 is 5.52. The van der Waals surface area contributed by atoms with Crippen LogP contribution in [-0.4, -0.2) is 17.4 Å². The largest absolute Gasteiger partial charge is 0.439 e. The molecular weight excluding hydrogens is 408 g/mol. The average molecular weight is 453 g/mol. The quantitative estimate of drug-likeness (QED) is 0.412. The number of carbonyl (C=O) groups is 1. The molecule has 0 aliphatic heterocycles. The van der Waals surface area contributed by atoms with Crippen molar-refractivity contribution >= 4 is 5.91 Å². The third-order valence-electron chi connectivity index (χ3n) is 3.63. The second-order valence-corrected chi connectivity index (χ2v) is 6.10. The van der Waals surface area contributed by atoms with Crippen molar-refractivity contribution < 1.29 is 9.53 Å². The van der Waals surface area contributed by atoms with E-state index in [0.717, 1.165) is 29.8 Å². The van der Waals surface area contributed by atoms with Gasteiger partial charge in [0.05, 0.1) is 6.42 Å². The topological polar surface area (TPSA) is 51.2 Å². The summed E-state index contributed by atoms with van der Waals surface area (Å²) in [4.78, 5) is 15.4. The molecule has 182 valence electrons. The molecule has 2 aromatic carbocycles. The lowest BCUT2D eigenvalue weighted by Crippen LogP contribution is -2.25. The van der Waals surface area contributed by atoms with Crippen LogP contribution in [0.5, 0.6) is 11.6 Å². The number of nitrogens with zero attached hydrogens (tertiary/aromatic N) is 1. The van der Waals surface area contributed by atoms with E-state index in [1.165, 1.54) is 0 Å². The number of aromatic nitrogens is 1. The van der Waals surface area contributed by atoms with Gasteiger partial charge in [-0.15, -0.1) is 0 Å². The third-order valence-corrected chi connectivity index (χ3v) is 3.63. The Labute approximate surface area is 202 Å². The maximum absolute atomic E-state index is 11.3. The van der Waals surface area contributed by atoms with Gasteiger partial charge in [-0.3, -0.25) is 4.79 Å². The number of carbonyl (C=O) groups excluding carboxylic acids is 1. The maximum atomic E-state index is 11.3. The second kappa shape index (κ2) is 23.5. The van der Waals surface area contributed by atoms with Gasteiger partial charge in [0.1, 0.15) is 5.75 Å². The molecule has 0 bridgehead atoms. The van der Waals surface area contributed by atoms with Crippen LogP contribution < -0.4 is 10.1 Å². The van der Waals surface area contributed by atoms with E-state index in [1.807, 2.05) is 128 Å². The Balaban J connectivity index is 0. The summed E-state index contributed by atoms with van der Waals surface area (Å²) in [6.45, 7) is 16.8. The lowest BCUT2D eigenvalue weighted by molar-refractivity contribution is -0.120. The zero-order chi connectivity index (χ0) is 25.3. The number of nitrogens with one attached hydrogen (secondary N) is 1. The maximum Gasteiger partial charge on any atom is 0.224 e. The van der Waals surface area contributed by atoms with E-state index >= 15 is 0 Å². The fraction of sp³-hybridized carbons (Fsp3) is 0.379. The number of amides is 1. The average Bonchev–Trinajstić information content (AvgIpc) is 2.89. The minimum atomic E-state index is 0.105. The van der Waals surface area contributed by atoms with Gasteiger partial charge >= 0.3 is 0 Å². The lowest BCUT2D eigenvalue weighted by atomic mass is 10.1. The SMILES string of the molecule is CC.CC.CC.CCCNC(=O)Cc1ccccc1.Cc1ccc(Oc2ccccc2)nc1. The molecule has 3 aromatic rings. The van der Waals surface area contributed by atoms with Gasteiger partial charge in [0.25, 0.3) is 0 Å². The van der Waals surface area contributed by atoms with Crippen LogP contribution in [0.2, 0.25) is 0 Å². The smallest absolute Gasteiger partial charge is 0.224 e. The first-order valence-corrected chi connectivity index (χ1v) is 12.1. The van der Waals surface area contributed by atoms with Crippen LogP contribution in [0.3, 0.4) is 0 Å². The van der Waals surface area contributed by atoms with Crippen molar-refractivity contribution in [3.8, 4) is 11.6 Å². The molecular formula is C29H44N2O2. The molecule has 1 heterocycles. The van der Waals surface area contributed by atoms with Crippen molar-refractivity contribution in [2.45, 2.75) is 68.2 Å². The molecule has 0 aliphatic carbocycles. The van der Waals surface area contributed by atoms with E-state index in [-0.39, 0.29) is 5.91 Å². The molecule has 0 unspecified atom stereocenters. The minimum Gasteiger partial charge on any atom is -0.439 e. The molecule has 0 atom stereocenters. The molecule has 0 spiro atoms. The summed E-state index contributed by atoms with van der Waals surface area (Å²) >= 11 is 0. The summed E-state index contributed by atoms with van der Waals surface area (Å²) in [5.74, 6) is 1.54. The van der Waals surface area contributed by atoms with Crippen LogP contribution in [-0.2, 0) is 11.2 Å². The lowest BCUT2D eigenvalue weighted by Gasteiger charge is -2.03. The molecule has 4 heteroatoms. The van der Waals surface area contributed by atoms with E-state index in [4.69, 9.17) is 4.74 Å². The third kappa shape index (κ3) is 17.1. The van der Waals surface area contributed by atoms with Gasteiger partial charge in [0, 0.05) is 18.8 Å². The van der Waals surface area contributed by atoms with Gasteiger partial charge in [-0.05, 0) is 36.6 Å². The number of hydrogen-bond donors (Lipinski definition) is 1. The van der Waals surface area contributed by atoms with Crippen molar-refractivity contribution in [3.63, 3.8) is 0 Å². The van der Waals surface area contributed by atoms with Crippen molar-refractivity contribution in [3.05, 3.63) is 90.1 Å². The van der Waals surface area contributed by atoms with Crippen LogP contribution in [0.25, 0.3) is 0 Å². The molecule has 1 N–H and O–H groups in total. The molecule has 33 heavy (non-hydrogen) atoms. The molecule has 0 saturated heterocycles. The van der Waals surface area contributed by atoms with E-state index in [9.17, 15) is 4.79 Å². The van der Waals surface area contributed by atoms with Gasteiger partial charge in [-0.2, -0.15) is 0 Å². The van der Waals surface area contributed by atoms with Crippen LogP contribution in [0, 0.1) is 6.92 Å². The zero-order valence-electron chi connectivity index (χ0n) is 21.9. The van der Waals surface area contributed by atoms with Crippen molar-refractivity contribution in [1.29, 1.82) is 0 Å². The molecule has 0 fully saturated rings. The van der Waals surface area contributed by atoms with E-state index in [2.05, 4.69) is 10.3 Å². The van der Waals surface area contributed by atoms with Crippen LogP contribution >= 0.6 is 0 Å². The van der Waals surface area contributed by atoms with Crippen molar-refractivity contribution in [2.24, 2.45) is 0 Å². The predicted molar refractivity (Wildman–Crippen MR) is 143 cm³/mol. The molecule has 1 amide bonds. The second-order valence-electron chi connectivity index (χ2n) is 6.10. The molecule has 4 nitrogen and oxygen atoms in total. The summed E-state index contributed by atoms with van der Waals surface area (Å²) in [5, 5.41) is 2.84. The highest BCUT2D eigenvalue weighted by molar-refractivity contribution is 5.78. The van der Waals surface area contributed by atoms with Crippen molar-refractivity contribution in [1.82, 2.24) is 10.3 Å². The zero-order valence-corrected chi connectivity index (χ0v) is 21.9. The summed E-state index contributed by atoms with van der Waals surface area (Å²) in [5.41, 5.74) is 2.20. The normalized spacial score (nSPS) is 8.48. The van der Waals surface area contributed by atoms with E-state index < -0.39 is 0 Å². The summed E-state index contributed by atoms with van der Waals surface area (Å²) in [7, 11) is 0. The fourth-order valence-corrected chi connectivity index (χ4v) is 2.23. The highest BCUT2D eigenvalue weighted by Gasteiger charge is 2.00. The summed E-state index contributed by atoms with van der Waals surface area (Å²) in [6, 6.07) is 23.2. The number of benzene rings is 2. The van der Waals surface area contributed by atoms with Gasteiger partial charge in [0.15, 0.2) is 0 Å². The van der Waals surface area contributed by atoms with Crippen LogP contribution in [0.1, 0.15) is 66.0 Å². The standard InChI is InChI=1S/C12H11NO.C11H15NO.3C2H6/c1-10-7-8-12(13-9-10)14-11-5-3-2-4-6-11;1-2-8-12-11(13)9-10-6-4-3-5-7-10;3*1-2/h2-9H,1H3;3-7H,2,8-9H2,1H3,(H,12,13);3*1-2H3. The number of aryl methyl sites for hydroxylation is 1. The summed E-state index contributed by atoms with van der Waals surface area (Å²) in [6.07, 6.45) is 3.26. The Morgan fingerprint density at radius 3 is 1.85 bits per heavy atom. The molecule has 0 radical (unpaired) electrons. The molecule has 3 rings (SSSR count). The van der Waals surface area contributed by atoms with Crippen molar-refractivity contribution in [2.75, 3.05) is 6.54 Å². The Bertz CT molecular complexity index is 789. The minimum absolute atomic E-state index is 0.105. The highest BCUT2D eigenvalue weighted by Crippen LogP contribution is 2.18. The van der Waals surface area contributed by atoms with E-state index in [0.29, 0.717) is 12.3 Å².